The molecule has 9 heteroatoms. The van der Waals surface area contributed by atoms with Crippen LogP contribution in [-0.4, -0.2) is 37.0 Å². The molecule has 1 aromatic rings. The Morgan fingerprint density at radius 3 is 2.82 bits per heavy atom. The van der Waals surface area contributed by atoms with E-state index in [0.717, 1.165) is 6.42 Å². The molecule has 22 heavy (non-hydrogen) atoms. The number of nitrogens with one attached hydrogen (secondary N) is 2. The summed E-state index contributed by atoms with van der Waals surface area (Å²) in [5.74, 6) is 0.394. The second kappa shape index (κ2) is 8.78. The van der Waals surface area contributed by atoms with Gasteiger partial charge in [0.25, 0.3) is 0 Å². The van der Waals surface area contributed by atoms with Crippen LogP contribution in [0.25, 0.3) is 0 Å². The Morgan fingerprint density at radius 1 is 1.55 bits per heavy atom. The summed E-state index contributed by atoms with van der Waals surface area (Å²) in [5.41, 5.74) is 2.87. The van der Waals surface area contributed by atoms with E-state index in [-0.39, 0.29) is 17.2 Å². The average Bonchev–Trinajstić information content (AvgIpc) is 2.52. The minimum absolute atomic E-state index is 0.116. The van der Waals surface area contributed by atoms with E-state index in [9.17, 15) is 10.1 Å². The van der Waals surface area contributed by atoms with Crippen LogP contribution in [-0.2, 0) is 0 Å². The van der Waals surface area contributed by atoms with Crippen molar-refractivity contribution in [1.82, 2.24) is 10.7 Å². The number of hydrogen-bond donors (Lipinski definition) is 2. The summed E-state index contributed by atoms with van der Waals surface area (Å²) in [6, 6.07) is 2.96. The fourth-order valence-electron chi connectivity index (χ4n) is 1.54. The molecule has 0 fully saturated rings. The summed E-state index contributed by atoms with van der Waals surface area (Å²) in [4.78, 5) is 10.7. The van der Waals surface area contributed by atoms with Gasteiger partial charge < -0.3 is 14.8 Å². The van der Waals surface area contributed by atoms with Crippen LogP contribution in [0.5, 0.6) is 11.5 Å². The largest absolute Gasteiger partial charge is 0.493 e. The molecule has 0 unspecified atom stereocenters. The zero-order valence-corrected chi connectivity index (χ0v) is 13.4. The van der Waals surface area contributed by atoms with Crippen molar-refractivity contribution < 1.29 is 14.4 Å². The first kappa shape index (κ1) is 17.6. The SMILES string of the molecule is CCCOc1c(OC)cc(/C=N/NC(=S)NC)cc1[N+](=O)[O-]. The molecular weight excluding hydrogens is 308 g/mol. The van der Waals surface area contributed by atoms with Crippen LogP contribution in [0.3, 0.4) is 0 Å². The van der Waals surface area contributed by atoms with Crippen molar-refractivity contribution >= 4 is 29.2 Å². The Morgan fingerprint density at radius 2 is 2.27 bits per heavy atom. The number of hydrazone groups is 1. The maximum atomic E-state index is 11.2. The number of rotatable bonds is 7. The van der Waals surface area contributed by atoms with E-state index in [1.165, 1.54) is 19.4 Å². The molecular formula is C13H18N4O4S. The van der Waals surface area contributed by atoms with Crippen molar-refractivity contribution in [3.8, 4) is 11.5 Å². The number of methoxy groups -OCH3 is 1. The van der Waals surface area contributed by atoms with Crippen molar-refractivity contribution in [3.63, 3.8) is 0 Å². The monoisotopic (exact) mass is 326 g/mol. The molecule has 0 atom stereocenters. The number of nitro benzene ring substituents is 1. The molecule has 0 saturated carbocycles. The highest BCUT2D eigenvalue weighted by Crippen LogP contribution is 2.38. The maximum absolute atomic E-state index is 11.2. The summed E-state index contributed by atoms with van der Waals surface area (Å²) in [6.07, 6.45) is 2.14. The molecule has 2 N–H and O–H groups in total. The smallest absolute Gasteiger partial charge is 0.315 e. The van der Waals surface area contributed by atoms with Gasteiger partial charge in [0.05, 0.1) is 24.9 Å². The molecule has 1 rings (SSSR count). The van der Waals surface area contributed by atoms with Crippen LogP contribution in [0.2, 0.25) is 0 Å². The van der Waals surface area contributed by atoms with Crippen molar-refractivity contribution in [1.29, 1.82) is 0 Å². The Labute approximate surface area is 133 Å². The minimum atomic E-state index is -0.517. The van der Waals surface area contributed by atoms with Crippen molar-refractivity contribution in [3.05, 3.63) is 27.8 Å². The van der Waals surface area contributed by atoms with E-state index in [4.69, 9.17) is 21.7 Å². The van der Waals surface area contributed by atoms with Gasteiger partial charge in [0, 0.05) is 18.7 Å². The van der Waals surface area contributed by atoms with Gasteiger partial charge in [0.15, 0.2) is 10.9 Å². The Balaban J connectivity index is 3.13. The lowest BCUT2D eigenvalue weighted by atomic mass is 10.2. The first-order chi connectivity index (χ1) is 10.5. The van der Waals surface area contributed by atoms with Crippen molar-refractivity contribution in [2.24, 2.45) is 5.10 Å². The van der Waals surface area contributed by atoms with E-state index in [2.05, 4.69) is 15.8 Å². The molecule has 8 nitrogen and oxygen atoms in total. The number of hydrogen-bond acceptors (Lipinski definition) is 6. The molecule has 0 aliphatic rings. The quantitative estimate of drug-likeness (QED) is 0.341. The van der Waals surface area contributed by atoms with Crippen LogP contribution in [0.15, 0.2) is 17.2 Å². The zero-order chi connectivity index (χ0) is 16.5. The Hall–Kier alpha value is -2.42. The fourth-order valence-corrected chi connectivity index (χ4v) is 1.59. The summed E-state index contributed by atoms with van der Waals surface area (Å²) in [7, 11) is 3.08. The zero-order valence-electron chi connectivity index (χ0n) is 12.6. The van der Waals surface area contributed by atoms with Crippen molar-refractivity contribution in [2.75, 3.05) is 20.8 Å². The molecule has 0 aliphatic heterocycles. The van der Waals surface area contributed by atoms with E-state index in [0.29, 0.717) is 17.3 Å². The molecule has 0 saturated heterocycles. The second-order valence-electron chi connectivity index (χ2n) is 4.13. The summed E-state index contributed by atoms with van der Waals surface area (Å²) in [6.45, 7) is 2.28. The highest BCUT2D eigenvalue weighted by atomic mass is 32.1. The summed E-state index contributed by atoms with van der Waals surface area (Å²) >= 11 is 4.87. The number of nitrogens with zero attached hydrogens (tertiary/aromatic N) is 2. The molecule has 1 aromatic carbocycles. The predicted molar refractivity (Wildman–Crippen MR) is 87.8 cm³/mol. The predicted octanol–water partition coefficient (Wildman–Crippen LogP) is 1.82. The third-order valence-electron chi connectivity index (χ3n) is 2.53. The van der Waals surface area contributed by atoms with E-state index in [1.807, 2.05) is 6.92 Å². The van der Waals surface area contributed by atoms with Gasteiger partial charge in [-0.3, -0.25) is 15.5 Å². The van der Waals surface area contributed by atoms with Crippen LogP contribution in [0.1, 0.15) is 18.9 Å². The highest BCUT2D eigenvalue weighted by Gasteiger charge is 2.21. The molecule has 0 aromatic heterocycles. The standard InChI is InChI=1S/C13H18N4O4S/c1-4-5-21-12-10(17(18)19)6-9(7-11(12)20-3)8-15-16-13(22)14-2/h6-8H,4-5H2,1-3H3,(H2,14,16,22)/b15-8+. The number of benzene rings is 1. The first-order valence-electron chi connectivity index (χ1n) is 6.53. The molecule has 0 aliphatic carbocycles. The lowest BCUT2D eigenvalue weighted by molar-refractivity contribution is -0.386. The van der Waals surface area contributed by atoms with Crippen LogP contribution in [0, 0.1) is 10.1 Å². The van der Waals surface area contributed by atoms with Gasteiger partial charge in [-0.15, -0.1) is 0 Å². The van der Waals surface area contributed by atoms with Gasteiger partial charge in [-0.2, -0.15) is 5.10 Å². The number of thiocarbonyl (C=S) groups is 1. The Bertz CT molecular complexity index is 577. The fraction of sp³-hybridized carbons (Fsp3) is 0.385. The van der Waals surface area contributed by atoms with Crippen LogP contribution in [0.4, 0.5) is 5.69 Å². The molecule has 0 heterocycles. The first-order valence-corrected chi connectivity index (χ1v) is 6.94. The van der Waals surface area contributed by atoms with Gasteiger partial charge in [-0.25, -0.2) is 0 Å². The molecule has 0 radical (unpaired) electrons. The topological polar surface area (TPSA) is 98.0 Å². The van der Waals surface area contributed by atoms with Gasteiger partial charge in [0.2, 0.25) is 5.75 Å². The molecule has 0 spiro atoms. The van der Waals surface area contributed by atoms with Gasteiger partial charge in [0.1, 0.15) is 0 Å². The lowest BCUT2D eigenvalue weighted by Gasteiger charge is -2.11. The maximum Gasteiger partial charge on any atom is 0.315 e. The average molecular weight is 326 g/mol. The van der Waals surface area contributed by atoms with Gasteiger partial charge in [-0.1, -0.05) is 6.92 Å². The molecule has 0 amide bonds. The van der Waals surface area contributed by atoms with Gasteiger partial charge >= 0.3 is 5.69 Å². The molecule has 0 bridgehead atoms. The minimum Gasteiger partial charge on any atom is -0.493 e. The third kappa shape index (κ3) is 4.85. The third-order valence-corrected chi connectivity index (χ3v) is 2.83. The Kier molecular flexibility index (Phi) is 7.03. The number of nitro groups is 1. The molecule has 120 valence electrons. The second-order valence-corrected chi connectivity index (χ2v) is 4.53. The number of ether oxygens (including phenoxy) is 2. The van der Waals surface area contributed by atoms with E-state index >= 15 is 0 Å². The van der Waals surface area contributed by atoms with Crippen LogP contribution >= 0.6 is 12.2 Å². The van der Waals surface area contributed by atoms with E-state index in [1.54, 1.807) is 13.1 Å². The summed E-state index contributed by atoms with van der Waals surface area (Å²) in [5, 5.41) is 18.1. The van der Waals surface area contributed by atoms with E-state index < -0.39 is 4.92 Å². The highest BCUT2D eigenvalue weighted by molar-refractivity contribution is 7.80. The van der Waals surface area contributed by atoms with Crippen LogP contribution < -0.4 is 20.2 Å². The van der Waals surface area contributed by atoms with Gasteiger partial charge in [-0.05, 0) is 24.7 Å². The summed E-state index contributed by atoms with van der Waals surface area (Å²) < 4.78 is 10.6. The normalized spacial score (nSPS) is 10.3. The van der Waals surface area contributed by atoms with Crippen molar-refractivity contribution in [2.45, 2.75) is 13.3 Å². The lowest BCUT2D eigenvalue weighted by Crippen LogP contribution is -2.28.